The molecule has 1 aromatic heterocycles. The second kappa shape index (κ2) is 8.77. The minimum Gasteiger partial charge on any atom is -0.481 e. The first kappa shape index (κ1) is 18.3. The number of thioether (sulfide) groups is 1. The van der Waals surface area contributed by atoms with Gasteiger partial charge in [-0.25, -0.2) is 4.39 Å². The first-order valence-corrected chi connectivity index (χ1v) is 9.63. The molecule has 3 rings (SSSR count). The van der Waals surface area contributed by atoms with Crippen molar-refractivity contribution < 1.29 is 13.9 Å². The molecule has 0 fully saturated rings. The number of nitrogens with zero attached hydrogens (tertiary/aromatic N) is 2. The summed E-state index contributed by atoms with van der Waals surface area (Å²) in [6, 6.07) is 15.5. The van der Waals surface area contributed by atoms with E-state index in [1.807, 2.05) is 18.2 Å². The third kappa shape index (κ3) is 5.27. The molecular formula is C18H16FN3O2S2. The largest absolute Gasteiger partial charge is 0.481 e. The standard InChI is InChI=1S/C18H16FN3O2S2/c1-12(24-15-5-3-2-4-6-15)16(23)20-17-21-22-18(26-17)25-11-13-7-9-14(19)10-8-13/h2-10,12H,11H2,1H3,(H,20,21,23). The van der Waals surface area contributed by atoms with Crippen LogP contribution in [0.3, 0.4) is 0 Å². The molecule has 26 heavy (non-hydrogen) atoms. The average Bonchev–Trinajstić information content (AvgIpc) is 3.09. The number of halogens is 1. The molecule has 0 aliphatic heterocycles. The van der Waals surface area contributed by atoms with E-state index in [9.17, 15) is 9.18 Å². The van der Waals surface area contributed by atoms with Crippen LogP contribution in [0.2, 0.25) is 0 Å². The SMILES string of the molecule is CC(Oc1ccccc1)C(=O)Nc1nnc(SCc2ccc(F)cc2)s1. The van der Waals surface area contributed by atoms with Crippen LogP contribution >= 0.6 is 23.1 Å². The molecule has 0 spiro atoms. The van der Waals surface area contributed by atoms with Gasteiger partial charge in [-0.1, -0.05) is 53.4 Å². The summed E-state index contributed by atoms with van der Waals surface area (Å²) >= 11 is 2.76. The summed E-state index contributed by atoms with van der Waals surface area (Å²) in [4.78, 5) is 12.2. The van der Waals surface area contributed by atoms with Crippen LogP contribution in [0, 0.1) is 5.82 Å². The maximum Gasteiger partial charge on any atom is 0.266 e. The molecule has 0 bridgehead atoms. The van der Waals surface area contributed by atoms with Gasteiger partial charge in [0, 0.05) is 5.75 Å². The average molecular weight is 389 g/mol. The van der Waals surface area contributed by atoms with Gasteiger partial charge in [-0.05, 0) is 36.8 Å². The van der Waals surface area contributed by atoms with E-state index in [0.717, 1.165) is 9.90 Å². The minimum atomic E-state index is -0.656. The highest BCUT2D eigenvalue weighted by molar-refractivity contribution is 8.00. The van der Waals surface area contributed by atoms with E-state index in [1.165, 1.54) is 35.2 Å². The van der Waals surface area contributed by atoms with Crippen LogP contribution < -0.4 is 10.1 Å². The van der Waals surface area contributed by atoms with Crippen molar-refractivity contribution in [1.29, 1.82) is 0 Å². The topological polar surface area (TPSA) is 64.1 Å². The van der Waals surface area contributed by atoms with Gasteiger partial charge in [-0.3, -0.25) is 10.1 Å². The van der Waals surface area contributed by atoms with Crippen molar-refractivity contribution in [3.05, 3.63) is 66.0 Å². The zero-order valence-corrected chi connectivity index (χ0v) is 15.5. The molecular weight excluding hydrogens is 373 g/mol. The number of hydrogen-bond donors (Lipinski definition) is 1. The highest BCUT2D eigenvalue weighted by Gasteiger charge is 2.17. The van der Waals surface area contributed by atoms with Crippen molar-refractivity contribution in [2.75, 3.05) is 5.32 Å². The number of ether oxygens (including phenoxy) is 1. The maximum atomic E-state index is 12.9. The second-order valence-corrected chi connectivity index (χ2v) is 7.55. The number of para-hydroxylation sites is 1. The minimum absolute atomic E-state index is 0.258. The molecule has 134 valence electrons. The van der Waals surface area contributed by atoms with Gasteiger partial charge in [0.25, 0.3) is 5.91 Å². The summed E-state index contributed by atoms with van der Waals surface area (Å²) in [6.45, 7) is 1.67. The summed E-state index contributed by atoms with van der Waals surface area (Å²) < 4.78 is 19.2. The Morgan fingerprint density at radius 2 is 1.92 bits per heavy atom. The van der Waals surface area contributed by atoms with E-state index in [0.29, 0.717) is 16.6 Å². The van der Waals surface area contributed by atoms with Gasteiger partial charge in [0.1, 0.15) is 11.6 Å². The number of anilines is 1. The summed E-state index contributed by atoms with van der Waals surface area (Å²) in [5, 5.41) is 11.1. The van der Waals surface area contributed by atoms with Gasteiger partial charge in [0.05, 0.1) is 0 Å². The van der Waals surface area contributed by atoms with Crippen LogP contribution in [0.1, 0.15) is 12.5 Å². The summed E-state index contributed by atoms with van der Waals surface area (Å²) in [5.74, 6) is 0.727. The number of rotatable bonds is 7. The number of amides is 1. The fourth-order valence-electron chi connectivity index (χ4n) is 2.01. The quantitative estimate of drug-likeness (QED) is 0.480. The Kier molecular flexibility index (Phi) is 6.19. The second-order valence-electron chi connectivity index (χ2n) is 5.35. The van der Waals surface area contributed by atoms with E-state index >= 15 is 0 Å². The fraction of sp³-hybridized carbons (Fsp3) is 0.167. The molecule has 2 aromatic carbocycles. The van der Waals surface area contributed by atoms with Gasteiger partial charge in [-0.15, -0.1) is 10.2 Å². The Morgan fingerprint density at radius 3 is 2.65 bits per heavy atom. The molecule has 0 saturated carbocycles. The van der Waals surface area contributed by atoms with Crippen LogP contribution in [-0.4, -0.2) is 22.2 Å². The number of hydrogen-bond acceptors (Lipinski definition) is 6. The summed E-state index contributed by atoms with van der Waals surface area (Å²) in [6.07, 6.45) is -0.656. The smallest absolute Gasteiger partial charge is 0.266 e. The Hall–Kier alpha value is -2.45. The van der Waals surface area contributed by atoms with E-state index in [2.05, 4.69) is 15.5 Å². The zero-order valence-electron chi connectivity index (χ0n) is 13.9. The van der Waals surface area contributed by atoms with Gasteiger partial charge < -0.3 is 4.74 Å². The van der Waals surface area contributed by atoms with Crippen molar-refractivity contribution in [2.45, 2.75) is 23.1 Å². The third-order valence-corrected chi connectivity index (χ3v) is 5.38. The number of benzene rings is 2. The normalized spacial score (nSPS) is 11.8. The van der Waals surface area contributed by atoms with Crippen LogP contribution in [0.15, 0.2) is 58.9 Å². The first-order valence-electron chi connectivity index (χ1n) is 7.83. The lowest BCUT2D eigenvalue weighted by molar-refractivity contribution is -0.122. The van der Waals surface area contributed by atoms with E-state index in [4.69, 9.17) is 4.74 Å². The molecule has 1 unspecified atom stereocenters. The molecule has 0 aliphatic carbocycles. The molecule has 1 N–H and O–H groups in total. The molecule has 1 atom stereocenters. The highest BCUT2D eigenvalue weighted by Crippen LogP contribution is 2.28. The van der Waals surface area contributed by atoms with Crippen molar-refractivity contribution in [3.63, 3.8) is 0 Å². The summed E-state index contributed by atoms with van der Waals surface area (Å²) in [5.41, 5.74) is 0.988. The Labute approximate surface area is 158 Å². The van der Waals surface area contributed by atoms with Crippen LogP contribution in [-0.2, 0) is 10.5 Å². The van der Waals surface area contributed by atoms with E-state index in [-0.39, 0.29) is 11.7 Å². The predicted octanol–water partition coefficient (Wildman–Crippen LogP) is 4.38. The van der Waals surface area contributed by atoms with Gasteiger partial charge in [0.2, 0.25) is 5.13 Å². The van der Waals surface area contributed by atoms with Crippen molar-refractivity contribution >= 4 is 34.1 Å². The molecule has 3 aromatic rings. The van der Waals surface area contributed by atoms with Crippen LogP contribution in [0.4, 0.5) is 9.52 Å². The third-order valence-electron chi connectivity index (χ3n) is 3.34. The van der Waals surface area contributed by atoms with E-state index < -0.39 is 6.10 Å². The Balaban J connectivity index is 1.51. The lowest BCUT2D eigenvalue weighted by Crippen LogP contribution is -2.30. The van der Waals surface area contributed by atoms with Gasteiger partial charge in [0.15, 0.2) is 10.4 Å². The predicted molar refractivity (Wildman–Crippen MR) is 101 cm³/mol. The molecule has 1 amide bonds. The molecule has 5 nitrogen and oxygen atoms in total. The van der Waals surface area contributed by atoms with Crippen molar-refractivity contribution in [1.82, 2.24) is 10.2 Å². The number of carbonyl (C=O) groups is 1. The molecule has 1 heterocycles. The fourth-order valence-corrected chi connectivity index (χ4v) is 3.72. The van der Waals surface area contributed by atoms with Gasteiger partial charge in [-0.2, -0.15) is 0 Å². The monoisotopic (exact) mass is 389 g/mol. The molecule has 0 aliphatic rings. The molecule has 0 radical (unpaired) electrons. The van der Waals surface area contributed by atoms with Gasteiger partial charge >= 0.3 is 0 Å². The lowest BCUT2D eigenvalue weighted by Gasteiger charge is -2.13. The maximum absolute atomic E-state index is 12.9. The summed E-state index contributed by atoms with van der Waals surface area (Å²) in [7, 11) is 0. The first-order chi connectivity index (χ1) is 12.6. The zero-order chi connectivity index (χ0) is 18.4. The number of aromatic nitrogens is 2. The molecule has 0 saturated heterocycles. The Morgan fingerprint density at radius 1 is 1.19 bits per heavy atom. The number of carbonyl (C=O) groups excluding carboxylic acids is 1. The number of nitrogens with one attached hydrogen (secondary N) is 1. The lowest BCUT2D eigenvalue weighted by atomic mass is 10.2. The van der Waals surface area contributed by atoms with Crippen LogP contribution in [0.5, 0.6) is 5.75 Å². The van der Waals surface area contributed by atoms with Crippen LogP contribution in [0.25, 0.3) is 0 Å². The van der Waals surface area contributed by atoms with Crippen molar-refractivity contribution in [3.8, 4) is 5.75 Å². The molecule has 8 heteroatoms. The Bertz CT molecular complexity index is 856. The van der Waals surface area contributed by atoms with Crippen molar-refractivity contribution in [2.24, 2.45) is 0 Å². The highest BCUT2D eigenvalue weighted by atomic mass is 32.2. The van der Waals surface area contributed by atoms with E-state index in [1.54, 1.807) is 31.2 Å².